The summed E-state index contributed by atoms with van der Waals surface area (Å²) >= 11 is 6.02. The molecule has 0 aliphatic rings. The molecule has 0 aliphatic carbocycles. The molecule has 0 radical (unpaired) electrons. The summed E-state index contributed by atoms with van der Waals surface area (Å²) in [5.74, 6) is -0.126. The van der Waals surface area contributed by atoms with Gasteiger partial charge in [0, 0.05) is 17.0 Å². The minimum absolute atomic E-state index is 0.00594. The summed E-state index contributed by atoms with van der Waals surface area (Å²) in [6.07, 6.45) is -1.12. The molecule has 36 heavy (non-hydrogen) atoms. The van der Waals surface area contributed by atoms with Crippen LogP contribution in [0.1, 0.15) is 38.0 Å². The van der Waals surface area contributed by atoms with Crippen molar-refractivity contribution < 1.29 is 28.2 Å². The van der Waals surface area contributed by atoms with Gasteiger partial charge in [-0.15, -0.1) is 0 Å². The summed E-state index contributed by atoms with van der Waals surface area (Å²) in [5, 5.41) is 20.7. The van der Waals surface area contributed by atoms with Gasteiger partial charge in [0.2, 0.25) is 9.84 Å². The molecule has 3 aromatic carbocycles. The van der Waals surface area contributed by atoms with Crippen molar-refractivity contribution in [2.75, 3.05) is 13.2 Å². The number of hydrogen-bond acceptors (Lipinski definition) is 6. The summed E-state index contributed by atoms with van der Waals surface area (Å²) in [4.78, 5) is 14.4. The summed E-state index contributed by atoms with van der Waals surface area (Å²) in [7, 11) is -3.76. The maximum Gasteiger partial charge on any atom is 0.410 e. The van der Waals surface area contributed by atoms with Gasteiger partial charge in [-0.3, -0.25) is 0 Å². The van der Waals surface area contributed by atoms with Crippen molar-refractivity contribution in [3.63, 3.8) is 0 Å². The number of aliphatic hydroxyl groups excluding tert-OH is 1. The lowest BCUT2D eigenvalue weighted by Crippen LogP contribution is -2.48. The molecule has 3 aromatic rings. The second-order valence-electron chi connectivity index (χ2n) is 9.36. The van der Waals surface area contributed by atoms with E-state index in [0.29, 0.717) is 17.0 Å². The average Bonchev–Trinajstić information content (AvgIpc) is 2.82. The number of β-amino-alcohol motifs (C(OH)–C–C–N with tert-alkyl or cyclic N) is 1. The van der Waals surface area contributed by atoms with Gasteiger partial charge in [0.1, 0.15) is 5.75 Å². The molecule has 0 aliphatic heterocycles. The van der Waals surface area contributed by atoms with E-state index < -0.39 is 27.6 Å². The summed E-state index contributed by atoms with van der Waals surface area (Å²) in [6, 6.07) is 18.6. The fraction of sp³-hybridized carbons (Fsp3) is 0.296. The number of carbonyl (C=O) groups excluding carboxylic acids is 1. The third-order valence-electron chi connectivity index (χ3n) is 5.60. The van der Waals surface area contributed by atoms with Crippen molar-refractivity contribution in [1.29, 1.82) is 0 Å². The molecule has 0 bridgehead atoms. The van der Waals surface area contributed by atoms with E-state index >= 15 is 0 Å². The maximum absolute atomic E-state index is 12.9. The Hall–Kier alpha value is -3.07. The molecule has 1 amide bonds. The highest BCUT2D eigenvalue weighted by atomic mass is 35.5. The van der Waals surface area contributed by atoms with Gasteiger partial charge >= 0.3 is 6.09 Å². The van der Waals surface area contributed by atoms with Crippen molar-refractivity contribution in [3.8, 4) is 5.75 Å². The van der Waals surface area contributed by atoms with Gasteiger partial charge < -0.3 is 19.8 Å². The number of carbonyl (C=O) groups is 1. The Morgan fingerprint density at radius 3 is 2.28 bits per heavy atom. The molecule has 0 unspecified atom stereocenters. The van der Waals surface area contributed by atoms with Crippen LogP contribution in [0.15, 0.2) is 82.6 Å². The number of rotatable bonds is 8. The van der Waals surface area contributed by atoms with Gasteiger partial charge in [0.15, 0.2) is 0 Å². The summed E-state index contributed by atoms with van der Waals surface area (Å²) < 4.78 is 31.0. The number of ether oxygens (including phenoxy) is 1. The number of aliphatic hydroxyl groups is 1. The van der Waals surface area contributed by atoms with Crippen molar-refractivity contribution in [2.45, 2.75) is 48.6 Å². The van der Waals surface area contributed by atoms with Crippen LogP contribution in [-0.2, 0) is 21.0 Å². The predicted octanol–water partition coefficient (Wildman–Crippen LogP) is 5.39. The molecule has 9 heteroatoms. The van der Waals surface area contributed by atoms with Gasteiger partial charge in [-0.1, -0.05) is 41.9 Å². The fourth-order valence-corrected chi connectivity index (χ4v) is 5.07. The number of aromatic hydroxyl groups is 1. The number of nitrogens with zero attached hydrogens (tertiary/aromatic N) is 1. The first-order chi connectivity index (χ1) is 16.9. The van der Waals surface area contributed by atoms with Crippen LogP contribution in [0.2, 0.25) is 5.02 Å². The largest absolute Gasteiger partial charge is 0.508 e. The number of sulfone groups is 1. The highest BCUT2D eigenvalue weighted by Gasteiger charge is 2.30. The Morgan fingerprint density at radius 1 is 1.00 bits per heavy atom. The third kappa shape index (κ3) is 7.00. The van der Waals surface area contributed by atoms with Crippen molar-refractivity contribution in [3.05, 3.63) is 88.9 Å². The molecular weight excluding hydrogens is 502 g/mol. The normalized spacial score (nSPS) is 12.7. The minimum Gasteiger partial charge on any atom is -0.508 e. The zero-order valence-electron chi connectivity index (χ0n) is 20.4. The molecule has 0 fully saturated rings. The van der Waals surface area contributed by atoms with Gasteiger partial charge in [0.25, 0.3) is 0 Å². The van der Waals surface area contributed by atoms with Crippen molar-refractivity contribution in [1.82, 2.24) is 4.90 Å². The molecule has 7 nitrogen and oxygen atoms in total. The van der Waals surface area contributed by atoms with Crippen LogP contribution < -0.4 is 0 Å². The molecule has 192 valence electrons. The lowest BCUT2D eigenvalue weighted by Gasteiger charge is -2.36. The minimum atomic E-state index is -3.76. The first-order valence-corrected chi connectivity index (χ1v) is 13.2. The van der Waals surface area contributed by atoms with E-state index in [1.807, 2.05) is 20.8 Å². The second-order valence-corrected chi connectivity index (χ2v) is 11.7. The number of benzene rings is 3. The predicted molar refractivity (Wildman–Crippen MR) is 138 cm³/mol. The van der Waals surface area contributed by atoms with E-state index in [1.165, 1.54) is 41.3 Å². The number of amides is 1. The van der Waals surface area contributed by atoms with E-state index in [-0.39, 0.29) is 28.7 Å². The standard InChI is InChI=1S/C27H30ClNO6S/c1-27(2,3)29(18-25(31)20-6-4-7-21(28)16-20)26(32)35-15-14-19-10-12-23(13-11-19)36(33,34)24-9-5-8-22(30)17-24/h4-13,16-17,25,30-31H,14-15,18H2,1-3H3/t25-/m0/s1. The van der Waals surface area contributed by atoms with Gasteiger partial charge in [-0.25, -0.2) is 13.2 Å². The Bertz CT molecular complexity index is 1300. The topological polar surface area (TPSA) is 104 Å². The van der Waals surface area contributed by atoms with Crippen LogP contribution in [0.3, 0.4) is 0 Å². The molecule has 3 rings (SSSR count). The second kappa shape index (κ2) is 11.3. The number of hydrogen-bond donors (Lipinski definition) is 2. The van der Waals surface area contributed by atoms with E-state index in [4.69, 9.17) is 16.3 Å². The number of phenols is 1. The lowest BCUT2D eigenvalue weighted by molar-refractivity contribution is 0.0368. The summed E-state index contributed by atoms with van der Waals surface area (Å²) in [6.45, 7) is 5.67. The molecule has 0 spiro atoms. The third-order valence-corrected chi connectivity index (χ3v) is 7.60. The SMILES string of the molecule is CC(C)(C)N(C[C@H](O)c1cccc(Cl)c1)C(=O)OCCc1ccc(S(=O)(=O)c2cccc(O)c2)cc1. The lowest BCUT2D eigenvalue weighted by atomic mass is 10.0. The van der Waals surface area contributed by atoms with Gasteiger partial charge in [0.05, 0.1) is 29.0 Å². The van der Waals surface area contributed by atoms with Crippen LogP contribution >= 0.6 is 11.6 Å². The molecule has 1 atom stereocenters. The fourth-order valence-electron chi connectivity index (χ4n) is 3.57. The highest BCUT2D eigenvalue weighted by molar-refractivity contribution is 7.91. The Kier molecular flexibility index (Phi) is 8.66. The van der Waals surface area contributed by atoms with Crippen LogP contribution in [-0.4, -0.2) is 48.3 Å². The monoisotopic (exact) mass is 531 g/mol. The van der Waals surface area contributed by atoms with Crippen LogP contribution in [0, 0.1) is 0 Å². The highest BCUT2D eigenvalue weighted by Crippen LogP contribution is 2.25. The first kappa shape index (κ1) is 27.5. The average molecular weight is 532 g/mol. The summed E-state index contributed by atoms with van der Waals surface area (Å²) in [5.41, 5.74) is 0.794. The zero-order chi connectivity index (χ0) is 26.5. The molecular formula is C27H30ClNO6S. The maximum atomic E-state index is 12.9. The van der Waals surface area contributed by atoms with Crippen molar-refractivity contribution >= 4 is 27.5 Å². The van der Waals surface area contributed by atoms with Crippen LogP contribution in [0.4, 0.5) is 4.79 Å². The Labute approximate surface area is 216 Å². The Balaban J connectivity index is 1.61. The molecule has 0 heterocycles. The molecule has 2 N–H and O–H groups in total. The zero-order valence-corrected chi connectivity index (χ0v) is 22.0. The van der Waals surface area contributed by atoms with Crippen molar-refractivity contribution in [2.24, 2.45) is 0 Å². The molecule has 0 saturated heterocycles. The molecule has 0 saturated carbocycles. The van der Waals surface area contributed by atoms with Crippen LogP contribution in [0.5, 0.6) is 5.75 Å². The van der Waals surface area contributed by atoms with E-state index in [2.05, 4.69) is 0 Å². The Morgan fingerprint density at radius 2 is 1.67 bits per heavy atom. The molecule has 0 aromatic heterocycles. The first-order valence-electron chi connectivity index (χ1n) is 11.4. The number of phenolic OH excluding ortho intramolecular Hbond substituents is 1. The van der Waals surface area contributed by atoms with E-state index in [9.17, 15) is 23.4 Å². The van der Waals surface area contributed by atoms with Gasteiger partial charge in [-0.2, -0.15) is 0 Å². The smallest absolute Gasteiger partial charge is 0.410 e. The quantitative estimate of drug-likeness (QED) is 0.404. The van der Waals surface area contributed by atoms with E-state index in [1.54, 1.807) is 36.4 Å². The van der Waals surface area contributed by atoms with E-state index in [0.717, 1.165) is 5.56 Å². The number of halogens is 1. The van der Waals surface area contributed by atoms with Crippen LogP contribution in [0.25, 0.3) is 0 Å². The van der Waals surface area contributed by atoms with Gasteiger partial charge in [-0.05, 0) is 74.4 Å².